The molecule has 1 N–H and O–H groups in total. The summed E-state index contributed by atoms with van der Waals surface area (Å²) in [6, 6.07) is 3.47. The lowest BCUT2D eigenvalue weighted by Gasteiger charge is -2.31. The first-order valence-corrected chi connectivity index (χ1v) is 11.8. The summed E-state index contributed by atoms with van der Waals surface area (Å²) in [5.41, 5.74) is 0.316. The SMILES string of the molecule is CS(=O)(=O)N1CCCC(Nc2ncc3cc(C#N)c(=O)n(C4CCCC4)c3n2)C1. The van der Waals surface area contributed by atoms with E-state index in [0.717, 1.165) is 38.5 Å². The Bertz CT molecular complexity index is 1130. The molecule has 0 spiro atoms. The van der Waals surface area contributed by atoms with Crippen LogP contribution in [0, 0.1) is 11.3 Å². The Balaban J connectivity index is 1.69. The third kappa shape index (κ3) is 3.97. The molecular formula is C19H24N6O3S. The molecule has 1 aliphatic carbocycles. The van der Waals surface area contributed by atoms with Crippen LogP contribution in [0.5, 0.6) is 0 Å². The Hall–Kier alpha value is -2.51. The average molecular weight is 417 g/mol. The molecule has 0 bridgehead atoms. The molecule has 1 aliphatic heterocycles. The minimum atomic E-state index is -3.24. The molecule has 1 saturated carbocycles. The van der Waals surface area contributed by atoms with E-state index in [1.54, 1.807) is 16.8 Å². The first-order chi connectivity index (χ1) is 13.9. The third-order valence-corrected chi connectivity index (χ3v) is 7.04. The van der Waals surface area contributed by atoms with Gasteiger partial charge in [-0.25, -0.2) is 17.7 Å². The standard InChI is InChI=1S/C19H24N6O3S/c1-29(27,28)24-8-4-5-15(12-24)22-19-21-11-14-9-13(10-20)18(26)25(17(14)23-19)16-6-2-3-7-16/h9,11,15-16H,2-8,12H2,1H3,(H,21,22,23). The van der Waals surface area contributed by atoms with Crippen molar-refractivity contribution < 1.29 is 8.42 Å². The summed E-state index contributed by atoms with van der Waals surface area (Å²) in [4.78, 5) is 21.8. The van der Waals surface area contributed by atoms with Crippen molar-refractivity contribution >= 4 is 27.0 Å². The van der Waals surface area contributed by atoms with E-state index < -0.39 is 10.0 Å². The van der Waals surface area contributed by atoms with Gasteiger partial charge in [-0.15, -0.1) is 0 Å². The Kier molecular flexibility index (Phi) is 5.27. The van der Waals surface area contributed by atoms with Crippen molar-refractivity contribution in [2.75, 3.05) is 24.7 Å². The van der Waals surface area contributed by atoms with Gasteiger partial charge in [-0.05, 0) is 31.7 Å². The maximum absolute atomic E-state index is 12.8. The van der Waals surface area contributed by atoms with Crippen LogP contribution in [-0.2, 0) is 10.0 Å². The fraction of sp³-hybridized carbons (Fsp3) is 0.579. The van der Waals surface area contributed by atoms with E-state index in [2.05, 4.69) is 15.3 Å². The maximum Gasteiger partial charge on any atom is 0.270 e. The van der Waals surface area contributed by atoms with Crippen molar-refractivity contribution in [1.82, 2.24) is 18.8 Å². The molecule has 0 aromatic carbocycles. The van der Waals surface area contributed by atoms with Gasteiger partial charge in [0.05, 0.1) is 6.26 Å². The molecule has 1 atom stereocenters. The molecule has 0 radical (unpaired) electrons. The molecule has 10 heteroatoms. The maximum atomic E-state index is 12.8. The zero-order chi connectivity index (χ0) is 20.6. The molecule has 2 aromatic rings. The second-order valence-electron chi connectivity index (χ2n) is 7.86. The number of aromatic nitrogens is 3. The van der Waals surface area contributed by atoms with Crippen LogP contribution in [-0.4, -0.2) is 52.6 Å². The number of nitrogens with zero attached hydrogens (tertiary/aromatic N) is 5. The molecule has 1 unspecified atom stereocenters. The minimum Gasteiger partial charge on any atom is -0.350 e. The molecule has 2 aliphatic rings. The van der Waals surface area contributed by atoms with Gasteiger partial charge in [0, 0.05) is 36.8 Å². The molecule has 4 rings (SSSR count). The average Bonchev–Trinajstić information content (AvgIpc) is 3.21. The second-order valence-corrected chi connectivity index (χ2v) is 9.84. The fourth-order valence-corrected chi connectivity index (χ4v) is 5.23. The summed E-state index contributed by atoms with van der Waals surface area (Å²) >= 11 is 0. The highest BCUT2D eigenvalue weighted by Gasteiger charge is 2.27. The van der Waals surface area contributed by atoms with Crippen LogP contribution in [0.1, 0.15) is 50.1 Å². The van der Waals surface area contributed by atoms with Crippen LogP contribution in [0.2, 0.25) is 0 Å². The van der Waals surface area contributed by atoms with Crippen LogP contribution in [0.3, 0.4) is 0 Å². The highest BCUT2D eigenvalue weighted by atomic mass is 32.2. The summed E-state index contributed by atoms with van der Waals surface area (Å²) in [7, 11) is -3.24. The molecular weight excluding hydrogens is 392 g/mol. The number of nitrogens with one attached hydrogen (secondary N) is 1. The summed E-state index contributed by atoms with van der Waals surface area (Å²) in [6.07, 6.45) is 8.30. The van der Waals surface area contributed by atoms with Crippen molar-refractivity contribution in [2.45, 2.75) is 50.6 Å². The number of pyridine rings is 1. The number of anilines is 1. The Morgan fingerprint density at radius 2 is 2.00 bits per heavy atom. The Morgan fingerprint density at radius 3 is 2.69 bits per heavy atom. The minimum absolute atomic E-state index is 0.0384. The number of fused-ring (bicyclic) bond motifs is 1. The number of rotatable bonds is 4. The van der Waals surface area contributed by atoms with Gasteiger partial charge in [0.15, 0.2) is 0 Å². The predicted molar refractivity (Wildman–Crippen MR) is 109 cm³/mol. The number of piperidine rings is 1. The van der Waals surface area contributed by atoms with Gasteiger partial charge in [-0.1, -0.05) is 12.8 Å². The van der Waals surface area contributed by atoms with Crippen molar-refractivity contribution in [3.8, 4) is 6.07 Å². The van der Waals surface area contributed by atoms with Gasteiger partial charge in [0.1, 0.15) is 17.3 Å². The number of hydrogen-bond donors (Lipinski definition) is 1. The van der Waals surface area contributed by atoms with E-state index in [4.69, 9.17) is 0 Å². The fourth-order valence-electron chi connectivity index (χ4n) is 4.31. The highest BCUT2D eigenvalue weighted by Crippen LogP contribution is 2.30. The lowest BCUT2D eigenvalue weighted by molar-refractivity contribution is 0.328. The monoisotopic (exact) mass is 416 g/mol. The smallest absolute Gasteiger partial charge is 0.270 e. The van der Waals surface area contributed by atoms with Crippen LogP contribution in [0.4, 0.5) is 5.95 Å². The third-order valence-electron chi connectivity index (χ3n) is 5.77. The van der Waals surface area contributed by atoms with Gasteiger partial charge >= 0.3 is 0 Å². The number of hydrogen-bond acceptors (Lipinski definition) is 7. The normalized spacial score (nSPS) is 21.3. The van der Waals surface area contributed by atoms with Crippen LogP contribution >= 0.6 is 0 Å². The molecule has 2 aromatic heterocycles. The lowest BCUT2D eigenvalue weighted by atomic mass is 10.1. The molecule has 154 valence electrons. The van der Waals surface area contributed by atoms with E-state index in [1.807, 2.05) is 6.07 Å². The Labute approximate surface area is 169 Å². The second kappa shape index (κ2) is 7.72. The summed E-state index contributed by atoms with van der Waals surface area (Å²) < 4.78 is 26.8. The zero-order valence-electron chi connectivity index (χ0n) is 16.3. The van der Waals surface area contributed by atoms with E-state index in [0.29, 0.717) is 30.1 Å². The number of sulfonamides is 1. The van der Waals surface area contributed by atoms with Crippen LogP contribution in [0.15, 0.2) is 17.1 Å². The summed E-state index contributed by atoms with van der Waals surface area (Å²) in [5.74, 6) is 0.369. The summed E-state index contributed by atoms with van der Waals surface area (Å²) in [6.45, 7) is 0.886. The highest BCUT2D eigenvalue weighted by molar-refractivity contribution is 7.88. The van der Waals surface area contributed by atoms with E-state index in [1.165, 1.54) is 10.6 Å². The summed E-state index contributed by atoms with van der Waals surface area (Å²) in [5, 5.41) is 13.2. The molecule has 1 saturated heterocycles. The molecule has 29 heavy (non-hydrogen) atoms. The molecule has 3 heterocycles. The topological polar surface area (TPSA) is 121 Å². The number of nitriles is 1. The van der Waals surface area contributed by atoms with Gasteiger partial charge in [-0.2, -0.15) is 10.2 Å². The van der Waals surface area contributed by atoms with Crippen molar-refractivity contribution in [2.24, 2.45) is 0 Å². The van der Waals surface area contributed by atoms with Crippen molar-refractivity contribution in [3.63, 3.8) is 0 Å². The van der Waals surface area contributed by atoms with E-state index >= 15 is 0 Å². The lowest BCUT2D eigenvalue weighted by Crippen LogP contribution is -2.44. The molecule has 2 fully saturated rings. The van der Waals surface area contributed by atoms with Crippen molar-refractivity contribution in [1.29, 1.82) is 5.26 Å². The first kappa shape index (κ1) is 19.8. The molecule has 9 nitrogen and oxygen atoms in total. The van der Waals surface area contributed by atoms with Crippen LogP contribution < -0.4 is 10.9 Å². The van der Waals surface area contributed by atoms with Gasteiger partial charge in [0.25, 0.3) is 5.56 Å². The van der Waals surface area contributed by atoms with Crippen LogP contribution in [0.25, 0.3) is 11.0 Å². The largest absolute Gasteiger partial charge is 0.350 e. The molecule has 0 amide bonds. The van der Waals surface area contributed by atoms with E-state index in [-0.39, 0.29) is 23.2 Å². The first-order valence-electron chi connectivity index (χ1n) is 9.91. The zero-order valence-corrected chi connectivity index (χ0v) is 17.2. The van der Waals surface area contributed by atoms with Gasteiger partial charge in [0.2, 0.25) is 16.0 Å². The van der Waals surface area contributed by atoms with E-state index in [9.17, 15) is 18.5 Å². The predicted octanol–water partition coefficient (Wildman–Crippen LogP) is 1.61. The van der Waals surface area contributed by atoms with Gasteiger partial charge < -0.3 is 5.32 Å². The quantitative estimate of drug-likeness (QED) is 0.804. The van der Waals surface area contributed by atoms with Gasteiger partial charge in [-0.3, -0.25) is 9.36 Å². The van der Waals surface area contributed by atoms with Crippen molar-refractivity contribution in [3.05, 3.63) is 28.2 Å². The Morgan fingerprint density at radius 1 is 1.24 bits per heavy atom.